The lowest BCUT2D eigenvalue weighted by Crippen LogP contribution is -2.44. The maximum Gasteiger partial charge on any atom is 0.225 e. The Labute approximate surface area is 123 Å². The van der Waals surface area contributed by atoms with E-state index in [1.54, 1.807) is 0 Å². The number of nitrogens with one attached hydrogen (secondary N) is 1. The Balaban J connectivity index is 1.96. The summed E-state index contributed by atoms with van der Waals surface area (Å²) in [7, 11) is 0. The summed E-state index contributed by atoms with van der Waals surface area (Å²) in [4.78, 5) is 12.3. The van der Waals surface area contributed by atoms with Gasteiger partial charge in [0, 0.05) is 10.5 Å². The number of hydrogen-bond donors (Lipinski definition) is 2. The lowest BCUT2D eigenvalue weighted by atomic mass is 9.84. The molecular weight excluding hydrogens is 304 g/mol. The van der Waals surface area contributed by atoms with Crippen LogP contribution < -0.4 is 11.1 Å². The lowest BCUT2D eigenvalue weighted by Gasteiger charge is -2.28. The number of carbonyl (C=O) groups is 1. The standard InChI is InChI=1S/C15H21BrN2O/c1-10(11-6-8-12(16)9-7-11)18-15(19)13-4-2-3-5-14(13)17/h6-10,13-14H,2-5,17H2,1H3,(H,18,19)/t10-,13?,14?/m0/s1. The third-order valence-electron chi connectivity index (χ3n) is 3.88. The molecular formula is C15H21BrN2O. The van der Waals surface area contributed by atoms with Crippen LogP contribution in [0.4, 0.5) is 0 Å². The van der Waals surface area contributed by atoms with Crippen molar-refractivity contribution < 1.29 is 4.79 Å². The topological polar surface area (TPSA) is 55.1 Å². The first-order valence-electron chi connectivity index (χ1n) is 6.89. The van der Waals surface area contributed by atoms with Gasteiger partial charge in [0.05, 0.1) is 12.0 Å². The molecule has 2 unspecified atom stereocenters. The summed E-state index contributed by atoms with van der Waals surface area (Å²) in [6.45, 7) is 2.01. The summed E-state index contributed by atoms with van der Waals surface area (Å²) in [6.07, 6.45) is 4.14. The van der Waals surface area contributed by atoms with E-state index in [0.29, 0.717) is 0 Å². The Morgan fingerprint density at radius 3 is 2.58 bits per heavy atom. The fourth-order valence-electron chi connectivity index (χ4n) is 2.64. The molecule has 2 rings (SSSR count). The van der Waals surface area contributed by atoms with Gasteiger partial charge in [-0.2, -0.15) is 0 Å². The van der Waals surface area contributed by atoms with Gasteiger partial charge in [-0.15, -0.1) is 0 Å². The summed E-state index contributed by atoms with van der Waals surface area (Å²) in [5.41, 5.74) is 7.16. The van der Waals surface area contributed by atoms with Gasteiger partial charge in [0.15, 0.2) is 0 Å². The minimum Gasteiger partial charge on any atom is -0.349 e. The first-order chi connectivity index (χ1) is 9.08. The van der Waals surface area contributed by atoms with Crippen LogP contribution in [0, 0.1) is 5.92 Å². The molecule has 19 heavy (non-hydrogen) atoms. The van der Waals surface area contributed by atoms with Gasteiger partial charge in [-0.25, -0.2) is 0 Å². The van der Waals surface area contributed by atoms with Crippen molar-refractivity contribution in [2.24, 2.45) is 11.7 Å². The summed E-state index contributed by atoms with van der Waals surface area (Å²) >= 11 is 3.41. The zero-order valence-corrected chi connectivity index (χ0v) is 12.8. The molecule has 1 aromatic carbocycles. The number of halogens is 1. The van der Waals surface area contributed by atoms with Gasteiger partial charge in [0.2, 0.25) is 5.91 Å². The van der Waals surface area contributed by atoms with Crippen molar-refractivity contribution in [3.63, 3.8) is 0 Å². The zero-order chi connectivity index (χ0) is 13.8. The maximum atomic E-state index is 12.3. The SMILES string of the molecule is C[C@H](NC(=O)C1CCCCC1N)c1ccc(Br)cc1. The maximum absolute atomic E-state index is 12.3. The number of rotatable bonds is 3. The molecule has 3 N–H and O–H groups in total. The van der Waals surface area contributed by atoms with Crippen molar-refractivity contribution in [2.75, 3.05) is 0 Å². The van der Waals surface area contributed by atoms with E-state index >= 15 is 0 Å². The summed E-state index contributed by atoms with van der Waals surface area (Å²) in [5, 5.41) is 3.08. The molecule has 3 atom stereocenters. The lowest BCUT2D eigenvalue weighted by molar-refractivity contribution is -0.127. The largest absolute Gasteiger partial charge is 0.349 e. The first-order valence-corrected chi connectivity index (χ1v) is 7.68. The van der Waals surface area contributed by atoms with Crippen LogP contribution in [0.3, 0.4) is 0 Å². The number of benzene rings is 1. The zero-order valence-electron chi connectivity index (χ0n) is 11.2. The van der Waals surface area contributed by atoms with Gasteiger partial charge in [0.25, 0.3) is 0 Å². The highest BCUT2D eigenvalue weighted by Crippen LogP contribution is 2.24. The van der Waals surface area contributed by atoms with Crippen LogP contribution in [0.25, 0.3) is 0 Å². The molecule has 0 heterocycles. The second-order valence-electron chi connectivity index (χ2n) is 5.34. The Hall–Kier alpha value is -0.870. The quantitative estimate of drug-likeness (QED) is 0.897. The third kappa shape index (κ3) is 3.80. The van der Waals surface area contributed by atoms with E-state index in [-0.39, 0.29) is 23.9 Å². The third-order valence-corrected chi connectivity index (χ3v) is 4.41. The smallest absolute Gasteiger partial charge is 0.225 e. The minimum absolute atomic E-state index is 0.0193. The highest BCUT2D eigenvalue weighted by atomic mass is 79.9. The van der Waals surface area contributed by atoms with Crippen molar-refractivity contribution in [1.82, 2.24) is 5.32 Å². The summed E-state index contributed by atoms with van der Waals surface area (Å²) < 4.78 is 1.05. The fraction of sp³-hybridized carbons (Fsp3) is 0.533. The number of hydrogen-bond acceptors (Lipinski definition) is 2. The predicted molar refractivity (Wildman–Crippen MR) is 80.6 cm³/mol. The highest BCUT2D eigenvalue weighted by molar-refractivity contribution is 9.10. The highest BCUT2D eigenvalue weighted by Gasteiger charge is 2.28. The van der Waals surface area contributed by atoms with Crippen molar-refractivity contribution in [1.29, 1.82) is 0 Å². The van der Waals surface area contributed by atoms with Gasteiger partial charge in [-0.05, 0) is 37.5 Å². The molecule has 104 valence electrons. The van der Waals surface area contributed by atoms with Crippen molar-refractivity contribution in [3.8, 4) is 0 Å². The van der Waals surface area contributed by atoms with E-state index in [2.05, 4.69) is 21.2 Å². The van der Waals surface area contributed by atoms with Crippen LogP contribution in [0.5, 0.6) is 0 Å². The number of nitrogens with two attached hydrogens (primary N) is 1. The molecule has 0 spiro atoms. The van der Waals surface area contributed by atoms with Crippen LogP contribution in [-0.2, 0) is 4.79 Å². The Bertz CT molecular complexity index is 432. The van der Waals surface area contributed by atoms with Crippen LogP contribution in [0.15, 0.2) is 28.7 Å². The Morgan fingerprint density at radius 1 is 1.32 bits per heavy atom. The van der Waals surface area contributed by atoms with Gasteiger partial charge in [-0.1, -0.05) is 40.9 Å². The van der Waals surface area contributed by atoms with Gasteiger partial charge in [0.1, 0.15) is 0 Å². The van der Waals surface area contributed by atoms with Gasteiger partial charge in [-0.3, -0.25) is 4.79 Å². The van der Waals surface area contributed by atoms with Crippen molar-refractivity contribution in [3.05, 3.63) is 34.3 Å². The fourth-order valence-corrected chi connectivity index (χ4v) is 2.90. The van der Waals surface area contributed by atoms with Crippen LogP contribution in [0.2, 0.25) is 0 Å². The van der Waals surface area contributed by atoms with Gasteiger partial charge < -0.3 is 11.1 Å². The Kier molecular flexibility index (Phi) is 4.99. The van der Waals surface area contributed by atoms with Crippen molar-refractivity contribution >= 4 is 21.8 Å². The predicted octanol–water partition coefficient (Wildman–Crippen LogP) is 3.14. The normalized spacial score (nSPS) is 24.8. The van der Waals surface area contributed by atoms with Crippen LogP contribution in [-0.4, -0.2) is 11.9 Å². The van der Waals surface area contributed by atoms with E-state index in [4.69, 9.17) is 5.73 Å². The van der Waals surface area contributed by atoms with Crippen LogP contribution >= 0.6 is 15.9 Å². The van der Waals surface area contributed by atoms with E-state index in [0.717, 1.165) is 35.7 Å². The molecule has 3 nitrogen and oxygen atoms in total. The molecule has 4 heteroatoms. The average molecular weight is 325 g/mol. The molecule has 1 saturated carbocycles. The van der Waals surface area contributed by atoms with Crippen LogP contribution in [0.1, 0.15) is 44.2 Å². The van der Waals surface area contributed by atoms with Crippen molar-refractivity contribution in [2.45, 2.75) is 44.7 Å². The molecule has 1 aromatic rings. The van der Waals surface area contributed by atoms with E-state index in [1.165, 1.54) is 0 Å². The molecule has 0 radical (unpaired) electrons. The molecule has 1 aliphatic carbocycles. The molecule has 1 amide bonds. The van der Waals surface area contributed by atoms with E-state index in [9.17, 15) is 4.79 Å². The minimum atomic E-state index is -0.0216. The molecule has 0 aliphatic heterocycles. The molecule has 0 saturated heterocycles. The Morgan fingerprint density at radius 2 is 1.95 bits per heavy atom. The second kappa shape index (κ2) is 6.53. The first kappa shape index (κ1) is 14.5. The second-order valence-corrected chi connectivity index (χ2v) is 6.25. The molecule has 1 fully saturated rings. The summed E-state index contributed by atoms with van der Waals surface area (Å²) in [5.74, 6) is 0.0780. The summed E-state index contributed by atoms with van der Waals surface area (Å²) in [6, 6.07) is 8.07. The molecule has 0 bridgehead atoms. The van der Waals surface area contributed by atoms with Gasteiger partial charge >= 0.3 is 0 Å². The number of carbonyl (C=O) groups excluding carboxylic acids is 1. The monoisotopic (exact) mass is 324 g/mol. The average Bonchev–Trinajstić information content (AvgIpc) is 2.39. The van der Waals surface area contributed by atoms with E-state index < -0.39 is 0 Å². The number of amides is 1. The van der Waals surface area contributed by atoms with E-state index in [1.807, 2.05) is 31.2 Å². The molecule has 1 aliphatic rings. The molecule has 0 aromatic heterocycles.